The highest BCUT2D eigenvalue weighted by Crippen LogP contribution is 2.39. The molecule has 1 fully saturated rings. The zero-order chi connectivity index (χ0) is 25.6. The standard InChI is InChI=1S/C31H28N2O3S/c1-3-19-33-30(34)28(37-31(33)32-25-15-5-4-6-16-25)20-23-13-10-18-27(35-2)29(23)36-21-24-14-9-12-22-11-7-8-17-26(22)24/h4-18,20H,3,19,21H2,1-2H3/b28-20+,32-31?. The molecule has 0 aliphatic carbocycles. The second-order valence-electron chi connectivity index (χ2n) is 8.60. The normalized spacial score (nSPS) is 15.6. The molecular weight excluding hydrogens is 480 g/mol. The second kappa shape index (κ2) is 11.4. The van der Waals surface area contributed by atoms with Crippen molar-refractivity contribution in [2.75, 3.05) is 13.7 Å². The van der Waals surface area contributed by atoms with E-state index in [0.717, 1.165) is 28.6 Å². The highest BCUT2D eigenvalue weighted by molar-refractivity contribution is 8.18. The maximum atomic E-state index is 13.4. The fourth-order valence-corrected chi connectivity index (χ4v) is 5.31. The molecule has 0 saturated carbocycles. The van der Waals surface area contributed by atoms with Crippen LogP contribution < -0.4 is 9.47 Å². The molecule has 186 valence electrons. The maximum absolute atomic E-state index is 13.4. The number of benzene rings is 4. The zero-order valence-electron chi connectivity index (χ0n) is 20.9. The molecule has 0 atom stereocenters. The van der Waals surface area contributed by atoms with Gasteiger partial charge in [0.25, 0.3) is 5.91 Å². The molecular formula is C31H28N2O3S. The molecule has 5 rings (SSSR count). The van der Waals surface area contributed by atoms with Crippen LogP contribution in [-0.4, -0.2) is 29.6 Å². The number of carbonyl (C=O) groups excluding carboxylic acids is 1. The summed E-state index contributed by atoms with van der Waals surface area (Å²) < 4.78 is 12.0. The minimum atomic E-state index is -0.0515. The number of nitrogens with zero attached hydrogens (tertiary/aromatic N) is 2. The number of methoxy groups -OCH3 is 1. The highest BCUT2D eigenvalue weighted by Gasteiger charge is 2.33. The van der Waals surface area contributed by atoms with Gasteiger partial charge in [0.05, 0.1) is 17.7 Å². The molecule has 1 saturated heterocycles. The van der Waals surface area contributed by atoms with Crippen LogP contribution in [0.3, 0.4) is 0 Å². The number of hydrogen-bond donors (Lipinski definition) is 0. The Morgan fingerprint density at radius 1 is 0.919 bits per heavy atom. The molecule has 0 unspecified atom stereocenters. The van der Waals surface area contributed by atoms with E-state index < -0.39 is 0 Å². The van der Waals surface area contributed by atoms with Crippen molar-refractivity contribution in [2.45, 2.75) is 20.0 Å². The van der Waals surface area contributed by atoms with Gasteiger partial charge in [0.2, 0.25) is 0 Å². The number of rotatable bonds is 8. The van der Waals surface area contributed by atoms with Gasteiger partial charge in [0, 0.05) is 12.1 Å². The lowest BCUT2D eigenvalue weighted by molar-refractivity contribution is -0.122. The van der Waals surface area contributed by atoms with Gasteiger partial charge in [-0.15, -0.1) is 0 Å². The number of aliphatic imine (C=N–C) groups is 1. The molecule has 0 bridgehead atoms. The lowest BCUT2D eigenvalue weighted by Crippen LogP contribution is -2.29. The molecule has 5 nitrogen and oxygen atoms in total. The summed E-state index contributed by atoms with van der Waals surface area (Å²) in [5.74, 6) is 1.17. The van der Waals surface area contributed by atoms with Crippen LogP contribution in [0, 0.1) is 0 Å². The van der Waals surface area contributed by atoms with Crippen molar-refractivity contribution < 1.29 is 14.3 Å². The molecule has 1 aliphatic heterocycles. The number of hydrogen-bond acceptors (Lipinski definition) is 5. The van der Waals surface area contributed by atoms with Gasteiger partial charge in [0.1, 0.15) is 6.61 Å². The van der Waals surface area contributed by atoms with E-state index in [2.05, 4.69) is 31.2 Å². The Hall–Kier alpha value is -4.03. The number of thioether (sulfide) groups is 1. The van der Waals surface area contributed by atoms with E-state index >= 15 is 0 Å². The molecule has 1 amide bonds. The smallest absolute Gasteiger partial charge is 0.266 e. The van der Waals surface area contributed by atoms with E-state index in [9.17, 15) is 4.79 Å². The van der Waals surface area contributed by atoms with Crippen molar-refractivity contribution in [1.29, 1.82) is 0 Å². The molecule has 0 N–H and O–H groups in total. The first kappa shape index (κ1) is 24.7. The Morgan fingerprint density at radius 3 is 2.49 bits per heavy atom. The van der Waals surface area contributed by atoms with Crippen molar-refractivity contribution in [3.8, 4) is 11.5 Å². The van der Waals surface area contributed by atoms with Crippen LogP contribution in [0.2, 0.25) is 0 Å². The topological polar surface area (TPSA) is 51.1 Å². The number of amides is 1. The van der Waals surface area contributed by atoms with Crippen molar-refractivity contribution in [3.05, 3.63) is 107 Å². The van der Waals surface area contributed by atoms with Gasteiger partial charge in [-0.3, -0.25) is 9.69 Å². The number of fused-ring (bicyclic) bond motifs is 1. The Balaban J connectivity index is 1.47. The third kappa shape index (κ3) is 5.39. The SMILES string of the molecule is CCCN1C(=O)/C(=C\c2cccc(OC)c2OCc2cccc3ccccc23)SC1=Nc1ccccc1. The lowest BCUT2D eigenvalue weighted by atomic mass is 10.1. The molecule has 4 aromatic carbocycles. The lowest BCUT2D eigenvalue weighted by Gasteiger charge is -2.15. The van der Waals surface area contributed by atoms with Gasteiger partial charge < -0.3 is 9.47 Å². The Labute approximate surface area is 221 Å². The predicted molar refractivity (Wildman–Crippen MR) is 152 cm³/mol. The molecule has 4 aromatic rings. The monoisotopic (exact) mass is 508 g/mol. The summed E-state index contributed by atoms with van der Waals surface area (Å²) in [7, 11) is 1.63. The van der Waals surface area contributed by atoms with Gasteiger partial charge >= 0.3 is 0 Å². The summed E-state index contributed by atoms with van der Waals surface area (Å²) in [6.45, 7) is 3.04. The third-order valence-corrected chi connectivity index (χ3v) is 7.09. The first-order valence-corrected chi connectivity index (χ1v) is 13.1. The fraction of sp³-hybridized carbons (Fsp3) is 0.161. The first-order chi connectivity index (χ1) is 18.2. The van der Waals surface area contributed by atoms with Crippen LogP contribution in [0.25, 0.3) is 16.8 Å². The average molecular weight is 509 g/mol. The summed E-state index contributed by atoms with van der Waals surface area (Å²) >= 11 is 1.39. The van der Waals surface area contributed by atoms with Crippen molar-refractivity contribution in [1.82, 2.24) is 4.90 Å². The van der Waals surface area contributed by atoms with E-state index in [-0.39, 0.29) is 5.91 Å². The van der Waals surface area contributed by atoms with Crippen LogP contribution in [0.5, 0.6) is 11.5 Å². The van der Waals surface area contributed by atoms with Crippen molar-refractivity contribution >= 4 is 45.4 Å². The van der Waals surface area contributed by atoms with E-state index in [1.165, 1.54) is 17.1 Å². The van der Waals surface area contributed by atoms with Gasteiger partial charge in [-0.05, 0) is 58.8 Å². The average Bonchev–Trinajstić information content (AvgIpc) is 3.21. The zero-order valence-corrected chi connectivity index (χ0v) is 21.7. The van der Waals surface area contributed by atoms with Gasteiger partial charge in [-0.2, -0.15) is 0 Å². The molecule has 1 aliphatic rings. The summed E-state index contributed by atoms with van der Waals surface area (Å²) in [5.41, 5.74) is 2.69. The maximum Gasteiger partial charge on any atom is 0.266 e. The second-order valence-corrected chi connectivity index (χ2v) is 9.61. The van der Waals surface area contributed by atoms with Gasteiger partial charge in [-0.1, -0.05) is 79.7 Å². The van der Waals surface area contributed by atoms with E-state index in [1.54, 1.807) is 12.0 Å². The Morgan fingerprint density at radius 2 is 1.68 bits per heavy atom. The number of ether oxygens (including phenoxy) is 2. The third-order valence-electron chi connectivity index (χ3n) is 6.08. The van der Waals surface area contributed by atoms with Crippen molar-refractivity contribution in [3.63, 3.8) is 0 Å². The minimum absolute atomic E-state index is 0.0515. The van der Waals surface area contributed by atoms with Crippen LogP contribution in [-0.2, 0) is 11.4 Å². The van der Waals surface area contributed by atoms with Crippen LogP contribution >= 0.6 is 11.8 Å². The number of carbonyl (C=O) groups is 1. The summed E-state index contributed by atoms with van der Waals surface area (Å²) in [4.78, 5) is 20.5. The first-order valence-electron chi connectivity index (χ1n) is 12.3. The Bertz CT molecular complexity index is 1480. The van der Waals surface area contributed by atoms with Gasteiger partial charge in [0.15, 0.2) is 16.7 Å². The van der Waals surface area contributed by atoms with E-state index in [0.29, 0.717) is 34.7 Å². The van der Waals surface area contributed by atoms with Crippen LogP contribution in [0.1, 0.15) is 24.5 Å². The van der Waals surface area contributed by atoms with E-state index in [1.807, 2.05) is 72.8 Å². The number of para-hydroxylation sites is 2. The molecule has 0 radical (unpaired) electrons. The minimum Gasteiger partial charge on any atom is -0.493 e. The molecule has 0 aromatic heterocycles. The Kier molecular flexibility index (Phi) is 7.57. The molecule has 1 heterocycles. The van der Waals surface area contributed by atoms with Gasteiger partial charge in [-0.25, -0.2) is 4.99 Å². The highest BCUT2D eigenvalue weighted by atomic mass is 32.2. The van der Waals surface area contributed by atoms with Crippen molar-refractivity contribution in [2.24, 2.45) is 4.99 Å². The molecule has 0 spiro atoms. The van der Waals surface area contributed by atoms with Crippen LogP contribution in [0.15, 0.2) is 101 Å². The van der Waals surface area contributed by atoms with Crippen LogP contribution in [0.4, 0.5) is 5.69 Å². The largest absolute Gasteiger partial charge is 0.493 e. The quantitative estimate of drug-likeness (QED) is 0.232. The number of amidine groups is 1. The summed E-state index contributed by atoms with van der Waals surface area (Å²) in [6.07, 6.45) is 2.72. The summed E-state index contributed by atoms with van der Waals surface area (Å²) in [5, 5.41) is 3.00. The fourth-order valence-electron chi connectivity index (χ4n) is 4.30. The van der Waals surface area contributed by atoms with E-state index in [4.69, 9.17) is 14.5 Å². The molecule has 37 heavy (non-hydrogen) atoms. The summed E-state index contributed by atoms with van der Waals surface area (Å²) in [6, 6.07) is 29.9. The molecule has 6 heteroatoms. The predicted octanol–water partition coefficient (Wildman–Crippen LogP) is 7.44.